The fraction of sp³-hybridized carbons (Fsp3) is 0.571. The predicted octanol–water partition coefficient (Wildman–Crippen LogP) is 3.55. The lowest BCUT2D eigenvalue weighted by atomic mass is 9.86. The molecule has 3 nitrogen and oxygen atoms in total. The van der Waals surface area contributed by atoms with E-state index in [1.54, 1.807) is 0 Å². The summed E-state index contributed by atoms with van der Waals surface area (Å²) in [6.45, 7) is 13.0. The van der Waals surface area contributed by atoms with E-state index >= 15 is 0 Å². The SMILES string of the molecule is CC(C)(C)c1nnc(C(C)(C)C)c2c[nH]cc12. The third-order valence-electron chi connectivity index (χ3n) is 2.93. The number of fused-ring (bicyclic) bond motifs is 1. The molecule has 0 bridgehead atoms. The number of rotatable bonds is 0. The smallest absolute Gasteiger partial charge is 0.0778 e. The van der Waals surface area contributed by atoms with E-state index in [4.69, 9.17) is 0 Å². The van der Waals surface area contributed by atoms with Crippen molar-refractivity contribution in [3.8, 4) is 0 Å². The summed E-state index contributed by atoms with van der Waals surface area (Å²) in [7, 11) is 0. The number of aromatic nitrogens is 3. The van der Waals surface area contributed by atoms with Crippen molar-refractivity contribution < 1.29 is 0 Å². The quantitative estimate of drug-likeness (QED) is 0.753. The lowest BCUT2D eigenvalue weighted by Crippen LogP contribution is -2.20. The zero-order valence-electron chi connectivity index (χ0n) is 11.5. The van der Waals surface area contributed by atoms with E-state index < -0.39 is 0 Å². The van der Waals surface area contributed by atoms with Gasteiger partial charge in [0.25, 0.3) is 0 Å². The van der Waals surface area contributed by atoms with E-state index in [0.29, 0.717) is 0 Å². The third kappa shape index (κ3) is 2.06. The molecule has 0 saturated heterocycles. The second kappa shape index (κ2) is 3.56. The lowest BCUT2D eigenvalue weighted by molar-refractivity contribution is 0.538. The average molecular weight is 231 g/mol. The first-order valence-corrected chi connectivity index (χ1v) is 6.05. The number of hydrogen-bond acceptors (Lipinski definition) is 2. The molecule has 17 heavy (non-hydrogen) atoms. The molecule has 1 N–H and O–H groups in total. The molecular formula is C14H21N3. The summed E-state index contributed by atoms with van der Waals surface area (Å²) in [6.07, 6.45) is 4.06. The molecular weight excluding hydrogens is 210 g/mol. The molecule has 0 aliphatic heterocycles. The van der Waals surface area contributed by atoms with Crippen LogP contribution in [0.4, 0.5) is 0 Å². The molecule has 0 spiro atoms. The van der Waals surface area contributed by atoms with Crippen LogP contribution in [0.25, 0.3) is 10.8 Å². The van der Waals surface area contributed by atoms with E-state index in [0.717, 1.165) is 11.4 Å². The van der Waals surface area contributed by atoms with E-state index in [1.807, 2.05) is 12.4 Å². The Morgan fingerprint density at radius 3 is 1.41 bits per heavy atom. The molecule has 2 aromatic heterocycles. The predicted molar refractivity (Wildman–Crippen MR) is 71.3 cm³/mol. The molecule has 0 aliphatic carbocycles. The summed E-state index contributed by atoms with van der Waals surface area (Å²) in [4.78, 5) is 3.18. The molecule has 0 fully saturated rings. The van der Waals surface area contributed by atoms with Gasteiger partial charge in [-0.15, -0.1) is 0 Å². The molecule has 0 unspecified atom stereocenters. The zero-order chi connectivity index (χ0) is 12.8. The molecule has 3 heteroatoms. The highest BCUT2D eigenvalue weighted by molar-refractivity contribution is 5.87. The monoisotopic (exact) mass is 231 g/mol. The fourth-order valence-electron chi connectivity index (χ4n) is 2.07. The van der Waals surface area contributed by atoms with Gasteiger partial charge in [0.1, 0.15) is 0 Å². The second-order valence-electron chi connectivity index (χ2n) is 6.68. The van der Waals surface area contributed by atoms with Crippen LogP contribution in [0, 0.1) is 0 Å². The average Bonchev–Trinajstić information content (AvgIpc) is 2.60. The Morgan fingerprint density at radius 2 is 1.12 bits per heavy atom. The van der Waals surface area contributed by atoms with Crippen molar-refractivity contribution in [2.24, 2.45) is 0 Å². The minimum atomic E-state index is 0.0177. The maximum absolute atomic E-state index is 4.45. The Morgan fingerprint density at radius 1 is 0.765 bits per heavy atom. The summed E-state index contributed by atoms with van der Waals surface area (Å²) in [5.74, 6) is 0. The number of hydrogen-bond donors (Lipinski definition) is 1. The number of aromatic amines is 1. The third-order valence-corrected chi connectivity index (χ3v) is 2.93. The normalized spacial score (nSPS) is 13.3. The maximum Gasteiger partial charge on any atom is 0.0778 e. The van der Waals surface area contributed by atoms with Gasteiger partial charge in [-0.25, -0.2) is 0 Å². The van der Waals surface area contributed by atoms with Gasteiger partial charge in [-0.3, -0.25) is 0 Å². The summed E-state index contributed by atoms with van der Waals surface area (Å²) in [5.41, 5.74) is 2.15. The number of H-pyrrole nitrogens is 1. The largest absolute Gasteiger partial charge is 0.366 e. The van der Waals surface area contributed by atoms with Crippen LogP contribution in [-0.2, 0) is 10.8 Å². The molecule has 0 aromatic carbocycles. The van der Waals surface area contributed by atoms with Gasteiger partial charge >= 0.3 is 0 Å². The van der Waals surface area contributed by atoms with Crippen molar-refractivity contribution in [1.82, 2.24) is 15.2 Å². The summed E-state index contributed by atoms with van der Waals surface area (Å²) in [6, 6.07) is 0. The second-order valence-corrected chi connectivity index (χ2v) is 6.68. The molecule has 2 heterocycles. The van der Waals surface area contributed by atoms with Crippen molar-refractivity contribution >= 4 is 10.8 Å². The number of nitrogens with zero attached hydrogens (tertiary/aromatic N) is 2. The maximum atomic E-state index is 4.45. The van der Waals surface area contributed by atoms with E-state index in [-0.39, 0.29) is 10.8 Å². The Kier molecular flexibility index (Phi) is 2.53. The first-order chi connectivity index (χ1) is 7.71. The summed E-state index contributed by atoms with van der Waals surface area (Å²) in [5, 5.41) is 11.3. The summed E-state index contributed by atoms with van der Waals surface area (Å²) >= 11 is 0. The van der Waals surface area contributed by atoms with Gasteiger partial charge < -0.3 is 4.98 Å². The molecule has 0 amide bonds. The standard InChI is InChI=1S/C14H21N3/c1-13(2,3)11-9-7-15-8-10(9)12(17-16-11)14(4,5)6/h7-8,15H,1-6H3. The summed E-state index contributed by atoms with van der Waals surface area (Å²) < 4.78 is 0. The van der Waals surface area contributed by atoms with Crippen LogP contribution in [0.15, 0.2) is 12.4 Å². The molecule has 0 saturated carbocycles. The molecule has 0 atom stereocenters. The van der Waals surface area contributed by atoms with Gasteiger partial charge in [0.15, 0.2) is 0 Å². The molecule has 0 aliphatic rings. The Balaban J connectivity index is 2.76. The van der Waals surface area contributed by atoms with Crippen molar-refractivity contribution in [3.63, 3.8) is 0 Å². The molecule has 0 radical (unpaired) electrons. The minimum absolute atomic E-state index is 0.0177. The highest BCUT2D eigenvalue weighted by Crippen LogP contribution is 2.32. The van der Waals surface area contributed by atoms with Gasteiger partial charge in [0.05, 0.1) is 11.4 Å². The highest BCUT2D eigenvalue weighted by atomic mass is 15.1. The van der Waals surface area contributed by atoms with Gasteiger partial charge in [0, 0.05) is 34.0 Å². The van der Waals surface area contributed by atoms with Crippen LogP contribution in [-0.4, -0.2) is 15.2 Å². The molecule has 2 aromatic rings. The van der Waals surface area contributed by atoms with Crippen molar-refractivity contribution in [1.29, 1.82) is 0 Å². The van der Waals surface area contributed by atoms with E-state index in [1.165, 1.54) is 10.8 Å². The van der Waals surface area contributed by atoms with E-state index in [2.05, 4.69) is 56.7 Å². The van der Waals surface area contributed by atoms with Gasteiger partial charge in [-0.2, -0.15) is 10.2 Å². The highest BCUT2D eigenvalue weighted by Gasteiger charge is 2.25. The van der Waals surface area contributed by atoms with Gasteiger partial charge in [-0.1, -0.05) is 41.5 Å². The van der Waals surface area contributed by atoms with Crippen molar-refractivity contribution in [2.75, 3.05) is 0 Å². The van der Waals surface area contributed by atoms with Crippen molar-refractivity contribution in [2.45, 2.75) is 52.4 Å². The van der Waals surface area contributed by atoms with Crippen molar-refractivity contribution in [3.05, 3.63) is 23.8 Å². The van der Waals surface area contributed by atoms with Crippen LogP contribution in [0.5, 0.6) is 0 Å². The fourth-order valence-corrected chi connectivity index (χ4v) is 2.07. The first kappa shape index (κ1) is 12.1. The van der Waals surface area contributed by atoms with E-state index in [9.17, 15) is 0 Å². The van der Waals surface area contributed by atoms with Crippen LogP contribution in [0.1, 0.15) is 52.9 Å². The van der Waals surface area contributed by atoms with Crippen LogP contribution in [0.2, 0.25) is 0 Å². The Labute approximate surface area is 103 Å². The number of nitrogens with one attached hydrogen (secondary N) is 1. The van der Waals surface area contributed by atoms with Crippen LogP contribution in [0.3, 0.4) is 0 Å². The minimum Gasteiger partial charge on any atom is -0.366 e. The Hall–Kier alpha value is -1.38. The van der Waals surface area contributed by atoms with Gasteiger partial charge in [0.2, 0.25) is 0 Å². The van der Waals surface area contributed by atoms with Crippen LogP contribution >= 0.6 is 0 Å². The van der Waals surface area contributed by atoms with Gasteiger partial charge in [-0.05, 0) is 0 Å². The molecule has 2 rings (SSSR count). The topological polar surface area (TPSA) is 41.6 Å². The first-order valence-electron chi connectivity index (χ1n) is 6.05. The molecule has 92 valence electrons. The van der Waals surface area contributed by atoms with Crippen LogP contribution < -0.4 is 0 Å². The Bertz CT molecular complexity index is 491. The zero-order valence-corrected chi connectivity index (χ0v) is 11.5. The lowest BCUT2D eigenvalue weighted by Gasteiger charge is -2.22.